The molecular formula is C25H23ClIN3O3. The predicted molar refractivity (Wildman–Crippen MR) is 135 cm³/mol. The van der Waals surface area contributed by atoms with E-state index in [2.05, 4.69) is 34.0 Å². The van der Waals surface area contributed by atoms with Crippen molar-refractivity contribution >= 4 is 51.6 Å². The minimum absolute atomic E-state index is 0.0314. The second-order valence-corrected chi connectivity index (χ2v) is 10.3. The molecule has 2 aliphatic heterocycles. The highest BCUT2D eigenvalue weighted by Gasteiger charge is 2.51. The molecule has 0 saturated carbocycles. The van der Waals surface area contributed by atoms with E-state index in [4.69, 9.17) is 16.3 Å². The van der Waals surface area contributed by atoms with Crippen LogP contribution in [0.2, 0.25) is 5.02 Å². The Kier molecular flexibility index (Phi) is 7.07. The molecule has 2 aliphatic rings. The Bertz CT molecular complexity index is 1150. The van der Waals surface area contributed by atoms with Gasteiger partial charge in [-0.2, -0.15) is 5.26 Å². The van der Waals surface area contributed by atoms with Gasteiger partial charge in [0.25, 0.3) is 5.91 Å². The maximum absolute atomic E-state index is 14.0. The van der Waals surface area contributed by atoms with E-state index in [0.29, 0.717) is 34.9 Å². The van der Waals surface area contributed by atoms with Crippen LogP contribution in [0.5, 0.6) is 0 Å². The average Bonchev–Trinajstić information content (AvgIpc) is 3.27. The van der Waals surface area contributed by atoms with Gasteiger partial charge in [0, 0.05) is 29.8 Å². The number of carbonyl (C=O) groups excluding carboxylic acids is 2. The molecule has 33 heavy (non-hydrogen) atoms. The van der Waals surface area contributed by atoms with Gasteiger partial charge in [-0.3, -0.25) is 9.59 Å². The van der Waals surface area contributed by atoms with Crippen molar-refractivity contribution < 1.29 is 14.3 Å². The highest BCUT2D eigenvalue weighted by molar-refractivity contribution is 14.1. The number of likely N-dealkylation sites (tertiary alicyclic amines) is 1. The Morgan fingerprint density at radius 2 is 2.06 bits per heavy atom. The third-order valence-corrected chi connectivity index (χ3v) is 7.96. The molecule has 0 bridgehead atoms. The van der Waals surface area contributed by atoms with Crippen LogP contribution in [0.4, 0.5) is 0 Å². The van der Waals surface area contributed by atoms with E-state index in [1.807, 2.05) is 35.2 Å². The summed E-state index contributed by atoms with van der Waals surface area (Å²) in [6.45, 7) is 1.07. The molecule has 2 heterocycles. The number of nitrogens with zero attached hydrogens (tertiary/aromatic N) is 2. The monoisotopic (exact) mass is 575 g/mol. The van der Waals surface area contributed by atoms with E-state index in [1.165, 1.54) is 0 Å². The molecule has 0 aliphatic carbocycles. The predicted octanol–water partition coefficient (Wildman–Crippen LogP) is 4.27. The summed E-state index contributed by atoms with van der Waals surface area (Å²) >= 11 is 8.64. The second-order valence-electron chi connectivity index (χ2n) is 8.15. The molecule has 2 aromatic carbocycles. The molecule has 1 fully saturated rings. The Hall–Kier alpha value is -2.41. The van der Waals surface area contributed by atoms with Gasteiger partial charge in [-0.25, -0.2) is 0 Å². The lowest BCUT2D eigenvalue weighted by atomic mass is 9.83. The fraction of sp³-hybridized carbons (Fsp3) is 0.320. The summed E-state index contributed by atoms with van der Waals surface area (Å²) < 4.78 is 4.12. The van der Waals surface area contributed by atoms with E-state index >= 15 is 0 Å². The topological polar surface area (TPSA) is 82.4 Å². The first-order valence-electron chi connectivity index (χ1n) is 10.7. The van der Waals surface area contributed by atoms with Crippen molar-refractivity contribution in [2.45, 2.75) is 22.4 Å². The summed E-state index contributed by atoms with van der Waals surface area (Å²) in [5, 5.41) is 13.1. The normalized spacial score (nSPS) is 24.7. The molecule has 3 unspecified atom stereocenters. The van der Waals surface area contributed by atoms with E-state index in [9.17, 15) is 14.9 Å². The van der Waals surface area contributed by atoms with Crippen LogP contribution in [0.15, 0.2) is 54.6 Å². The number of nitriles is 1. The zero-order valence-corrected chi connectivity index (χ0v) is 21.0. The molecule has 3 atom stereocenters. The fourth-order valence-corrected chi connectivity index (χ4v) is 6.38. The molecule has 0 aromatic heterocycles. The highest BCUT2D eigenvalue weighted by Crippen LogP contribution is 2.47. The van der Waals surface area contributed by atoms with Gasteiger partial charge in [-0.05, 0) is 53.1 Å². The molecule has 1 N–H and O–H groups in total. The van der Waals surface area contributed by atoms with Crippen LogP contribution >= 0.6 is 34.2 Å². The van der Waals surface area contributed by atoms with Crippen LogP contribution in [0.3, 0.4) is 0 Å². The molecule has 170 valence electrons. The number of nitrogens with one attached hydrogen (secondary N) is 1. The summed E-state index contributed by atoms with van der Waals surface area (Å²) in [4.78, 5) is 29.1. The summed E-state index contributed by atoms with van der Waals surface area (Å²) in [6.07, 6.45) is 3.48. The first-order valence-corrected chi connectivity index (χ1v) is 12.1. The fourth-order valence-electron chi connectivity index (χ4n) is 4.63. The first kappa shape index (κ1) is 23.7. The van der Waals surface area contributed by atoms with E-state index in [1.54, 1.807) is 31.4 Å². The number of hydrogen-bond donors (Lipinski definition) is 1. The number of alkyl halides is 1. The average molecular weight is 576 g/mol. The van der Waals surface area contributed by atoms with Crippen LogP contribution in [0, 0.1) is 17.2 Å². The maximum atomic E-state index is 14.0. The Morgan fingerprint density at radius 3 is 2.76 bits per heavy atom. The number of rotatable bonds is 5. The number of methoxy groups -OCH3 is 1. The minimum atomic E-state index is -1.23. The minimum Gasteiger partial charge on any atom is -0.383 e. The molecule has 8 heteroatoms. The molecule has 0 spiro atoms. The van der Waals surface area contributed by atoms with Gasteiger partial charge in [-0.15, -0.1) is 0 Å². The maximum Gasteiger partial charge on any atom is 0.252 e. The molecule has 2 aromatic rings. The summed E-state index contributed by atoms with van der Waals surface area (Å²) in [5.41, 5.74) is 1.91. The van der Waals surface area contributed by atoms with Crippen molar-refractivity contribution in [2.24, 2.45) is 5.92 Å². The Morgan fingerprint density at radius 1 is 1.30 bits per heavy atom. The molecular weight excluding hydrogens is 553 g/mol. The standard InChI is InChI=1S/C25H23ClIN3O3/c1-33-15-18-10-6-12-30(18)24(32)20-13-19(16-7-3-2-4-8-16)23(31)29-25(20,27)22-17(14-28)9-5-11-21(22)26/h2-5,7-9,11,13,18,20H,6,10,12,15H2,1H3,(H,29,31). The van der Waals surface area contributed by atoms with Crippen molar-refractivity contribution in [1.29, 1.82) is 5.26 Å². The number of carbonyl (C=O) groups is 2. The van der Waals surface area contributed by atoms with Crippen LogP contribution < -0.4 is 5.32 Å². The lowest BCUT2D eigenvalue weighted by molar-refractivity contribution is -0.137. The number of benzene rings is 2. The Labute approximate surface area is 211 Å². The molecule has 2 amide bonds. The van der Waals surface area contributed by atoms with Gasteiger partial charge in [-0.1, -0.05) is 54.1 Å². The SMILES string of the molecule is COCC1CCCN1C(=O)C1C=C(c2ccccc2)C(=O)NC1(I)c1c(Cl)cccc1C#N. The lowest BCUT2D eigenvalue weighted by Gasteiger charge is -2.41. The smallest absolute Gasteiger partial charge is 0.252 e. The quantitative estimate of drug-likeness (QED) is 0.328. The number of hydrogen-bond acceptors (Lipinski definition) is 4. The molecule has 1 saturated heterocycles. The Balaban J connectivity index is 1.88. The number of halogens is 2. The van der Waals surface area contributed by atoms with E-state index < -0.39 is 9.46 Å². The molecule has 6 nitrogen and oxygen atoms in total. The molecule has 0 radical (unpaired) electrons. The summed E-state index contributed by atoms with van der Waals surface area (Å²) in [5.74, 6) is -1.21. The number of ether oxygens (including phenoxy) is 1. The van der Waals surface area contributed by atoms with Crippen LogP contribution in [0.1, 0.15) is 29.5 Å². The van der Waals surface area contributed by atoms with Crippen molar-refractivity contribution in [3.8, 4) is 6.07 Å². The van der Waals surface area contributed by atoms with Gasteiger partial charge >= 0.3 is 0 Å². The highest BCUT2D eigenvalue weighted by atomic mass is 127. The van der Waals surface area contributed by atoms with Gasteiger partial charge in [0.15, 0.2) is 0 Å². The van der Waals surface area contributed by atoms with Gasteiger partial charge in [0.2, 0.25) is 5.91 Å². The lowest BCUT2D eigenvalue weighted by Crippen LogP contribution is -2.56. The summed E-state index contributed by atoms with van der Waals surface area (Å²) in [6, 6.07) is 16.4. The van der Waals surface area contributed by atoms with Crippen molar-refractivity contribution in [3.05, 3.63) is 76.3 Å². The second kappa shape index (κ2) is 9.84. The van der Waals surface area contributed by atoms with Crippen molar-refractivity contribution in [2.75, 3.05) is 20.3 Å². The van der Waals surface area contributed by atoms with Crippen molar-refractivity contribution in [1.82, 2.24) is 10.2 Å². The van der Waals surface area contributed by atoms with Crippen LogP contribution in [-0.2, 0) is 17.9 Å². The zero-order valence-electron chi connectivity index (χ0n) is 18.1. The first-order chi connectivity index (χ1) is 15.9. The van der Waals surface area contributed by atoms with Crippen LogP contribution in [0.25, 0.3) is 5.57 Å². The summed E-state index contributed by atoms with van der Waals surface area (Å²) in [7, 11) is 1.63. The van der Waals surface area contributed by atoms with Gasteiger partial charge in [0.05, 0.1) is 30.2 Å². The largest absolute Gasteiger partial charge is 0.383 e. The van der Waals surface area contributed by atoms with Crippen molar-refractivity contribution in [3.63, 3.8) is 0 Å². The third kappa shape index (κ3) is 4.39. The zero-order chi connectivity index (χ0) is 23.6. The van der Waals surface area contributed by atoms with Crippen LogP contribution in [-0.4, -0.2) is 43.0 Å². The number of amides is 2. The van der Waals surface area contributed by atoms with Gasteiger partial charge < -0.3 is 15.0 Å². The van der Waals surface area contributed by atoms with E-state index in [0.717, 1.165) is 18.4 Å². The third-order valence-electron chi connectivity index (χ3n) is 6.17. The van der Waals surface area contributed by atoms with Gasteiger partial charge in [0.1, 0.15) is 3.55 Å². The molecule has 4 rings (SSSR count). The van der Waals surface area contributed by atoms with E-state index in [-0.39, 0.29) is 17.9 Å².